The first-order valence-electron chi connectivity index (χ1n) is 9.36. The molecule has 1 aromatic heterocycles. The number of fused-ring (bicyclic) bond motifs is 1. The molecule has 1 aliphatic carbocycles. The van der Waals surface area contributed by atoms with Crippen LogP contribution in [0.4, 0.5) is 5.69 Å². The molecule has 0 spiro atoms. The second-order valence-corrected chi connectivity index (χ2v) is 6.89. The number of hydrogen-bond acceptors (Lipinski definition) is 3. The van der Waals surface area contributed by atoms with E-state index in [1.54, 1.807) is 17.3 Å². The van der Waals surface area contributed by atoms with Gasteiger partial charge in [-0.25, -0.2) is 14.7 Å². The molecule has 3 N–H and O–H groups in total. The van der Waals surface area contributed by atoms with Crippen LogP contribution in [0.2, 0.25) is 0 Å². The van der Waals surface area contributed by atoms with Gasteiger partial charge in [0, 0.05) is 5.69 Å². The van der Waals surface area contributed by atoms with Crippen LogP contribution in [0.1, 0.15) is 35.1 Å². The predicted molar refractivity (Wildman–Crippen MR) is 123 cm³/mol. The Labute approximate surface area is 182 Å². The smallest absolute Gasteiger partial charge is 0.193 e. The van der Waals surface area contributed by atoms with E-state index in [-0.39, 0.29) is 24.0 Å². The molecule has 6 nitrogen and oxygen atoms in total. The van der Waals surface area contributed by atoms with Crippen molar-refractivity contribution in [3.63, 3.8) is 0 Å². The van der Waals surface area contributed by atoms with Gasteiger partial charge in [0.2, 0.25) is 0 Å². The van der Waals surface area contributed by atoms with Crippen molar-refractivity contribution in [2.75, 3.05) is 5.32 Å². The summed E-state index contributed by atoms with van der Waals surface area (Å²) in [7, 11) is 0. The summed E-state index contributed by atoms with van der Waals surface area (Å²) >= 11 is 0. The third-order valence-corrected chi connectivity index (χ3v) is 4.92. The van der Waals surface area contributed by atoms with Crippen molar-refractivity contribution in [3.05, 3.63) is 77.4 Å². The normalized spacial score (nSPS) is 13.5. The van der Waals surface area contributed by atoms with Gasteiger partial charge in [-0.1, -0.05) is 36.4 Å². The lowest BCUT2D eigenvalue weighted by molar-refractivity contribution is 0.684. The summed E-state index contributed by atoms with van der Waals surface area (Å²) in [5.41, 5.74) is 12.3. The van der Waals surface area contributed by atoms with Gasteiger partial charge in [0.25, 0.3) is 0 Å². The fourth-order valence-electron chi connectivity index (χ4n) is 3.50. The Kier molecular flexibility index (Phi) is 7.02. The molecule has 28 heavy (non-hydrogen) atoms. The summed E-state index contributed by atoms with van der Waals surface area (Å²) in [6.07, 6.45) is 8.04. The van der Waals surface area contributed by atoms with E-state index in [2.05, 4.69) is 62.9 Å². The summed E-state index contributed by atoms with van der Waals surface area (Å²) in [6.45, 7) is 1.27. The molecule has 2 aromatic carbocycles. The highest BCUT2D eigenvalue weighted by molar-refractivity contribution is 14.0. The van der Waals surface area contributed by atoms with Crippen LogP contribution in [0.3, 0.4) is 0 Å². The molecule has 0 atom stereocenters. The van der Waals surface area contributed by atoms with Crippen LogP contribution < -0.4 is 11.1 Å². The predicted octanol–water partition coefficient (Wildman–Crippen LogP) is 3.75. The average molecular weight is 488 g/mol. The Balaban J connectivity index is 0.00000225. The fraction of sp³-hybridized carbons (Fsp3) is 0.286. The van der Waals surface area contributed by atoms with Crippen LogP contribution >= 0.6 is 24.0 Å². The standard InChI is InChI=1S/C21H24N6.HI/c22-21(26-20-7-3-5-18-4-1-2-6-19(18)20)24-12-16-8-10-17(11-9-16)13-27-15-23-14-25-27;/h3,5,7-11,14-15H,1-2,4,6,12-13H2,(H3,22,24,26);1H. The summed E-state index contributed by atoms with van der Waals surface area (Å²) in [5, 5.41) is 7.41. The Morgan fingerprint density at radius 3 is 2.64 bits per heavy atom. The highest BCUT2D eigenvalue weighted by Crippen LogP contribution is 2.27. The number of guanidine groups is 1. The number of nitrogens with two attached hydrogens (primary N) is 1. The van der Waals surface area contributed by atoms with Crippen LogP contribution in [0.5, 0.6) is 0 Å². The Hall–Kier alpha value is -2.42. The third kappa shape index (κ3) is 5.09. The lowest BCUT2D eigenvalue weighted by Crippen LogP contribution is -2.24. The lowest BCUT2D eigenvalue weighted by atomic mass is 9.90. The zero-order valence-corrected chi connectivity index (χ0v) is 18.0. The van der Waals surface area contributed by atoms with Crippen LogP contribution in [0.15, 0.2) is 60.1 Å². The maximum atomic E-state index is 6.13. The molecule has 1 heterocycles. The average Bonchev–Trinajstić information content (AvgIpc) is 3.21. The quantitative estimate of drug-likeness (QED) is 0.326. The first-order valence-corrected chi connectivity index (χ1v) is 9.36. The van der Waals surface area contributed by atoms with E-state index in [0.29, 0.717) is 19.0 Å². The molecule has 7 heteroatoms. The van der Waals surface area contributed by atoms with Gasteiger partial charge in [-0.2, -0.15) is 5.10 Å². The summed E-state index contributed by atoms with van der Waals surface area (Å²) in [4.78, 5) is 8.46. The SMILES string of the molecule is I.NC(=NCc1ccc(Cn2cncn2)cc1)Nc1cccc2c1CCCC2. The number of nitrogens with one attached hydrogen (secondary N) is 1. The van der Waals surface area contributed by atoms with Crippen molar-refractivity contribution in [1.29, 1.82) is 0 Å². The number of anilines is 1. The highest BCUT2D eigenvalue weighted by Gasteiger charge is 2.13. The Morgan fingerprint density at radius 1 is 1.07 bits per heavy atom. The van der Waals surface area contributed by atoms with Gasteiger partial charge in [0.05, 0.1) is 13.1 Å². The summed E-state index contributed by atoms with van der Waals surface area (Å²) in [5.74, 6) is 0.459. The zero-order chi connectivity index (χ0) is 18.5. The van der Waals surface area contributed by atoms with Crippen molar-refractivity contribution < 1.29 is 0 Å². The second-order valence-electron chi connectivity index (χ2n) is 6.89. The van der Waals surface area contributed by atoms with Gasteiger partial charge in [-0.05, 0) is 54.0 Å². The van der Waals surface area contributed by atoms with E-state index in [9.17, 15) is 0 Å². The Bertz CT molecular complexity index is 919. The van der Waals surface area contributed by atoms with Crippen molar-refractivity contribution in [2.45, 2.75) is 38.8 Å². The van der Waals surface area contributed by atoms with Gasteiger partial charge in [0.15, 0.2) is 5.96 Å². The molecule has 0 saturated heterocycles. The van der Waals surface area contributed by atoms with E-state index in [1.807, 2.05) is 0 Å². The van der Waals surface area contributed by atoms with Crippen molar-refractivity contribution in [2.24, 2.45) is 10.7 Å². The largest absolute Gasteiger partial charge is 0.370 e. The van der Waals surface area contributed by atoms with Gasteiger partial charge < -0.3 is 11.1 Å². The number of aromatic nitrogens is 3. The molecule has 0 radical (unpaired) electrons. The number of benzene rings is 2. The number of aliphatic imine (C=N–C) groups is 1. The first-order chi connectivity index (χ1) is 13.3. The van der Waals surface area contributed by atoms with Gasteiger partial charge in [-0.3, -0.25) is 0 Å². The number of rotatable bonds is 5. The van der Waals surface area contributed by atoms with E-state index in [0.717, 1.165) is 24.1 Å². The summed E-state index contributed by atoms with van der Waals surface area (Å²) in [6, 6.07) is 14.7. The maximum Gasteiger partial charge on any atom is 0.193 e. The topological polar surface area (TPSA) is 81.1 Å². The van der Waals surface area contributed by atoms with Crippen LogP contribution in [0, 0.1) is 0 Å². The van der Waals surface area contributed by atoms with Gasteiger partial charge in [0.1, 0.15) is 12.7 Å². The Morgan fingerprint density at radius 2 is 1.86 bits per heavy atom. The molecular formula is C21H25IN6. The molecule has 3 aromatic rings. The molecule has 1 aliphatic rings. The molecule has 0 fully saturated rings. The van der Waals surface area contributed by atoms with E-state index >= 15 is 0 Å². The van der Waals surface area contributed by atoms with Gasteiger partial charge >= 0.3 is 0 Å². The third-order valence-electron chi connectivity index (χ3n) is 4.92. The van der Waals surface area contributed by atoms with E-state index in [4.69, 9.17) is 5.73 Å². The van der Waals surface area contributed by atoms with Crippen LogP contribution in [-0.2, 0) is 25.9 Å². The molecule has 0 saturated carbocycles. The number of hydrogen-bond donors (Lipinski definition) is 2. The minimum Gasteiger partial charge on any atom is -0.370 e. The maximum absolute atomic E-state index is 6.13. The number of halogens is 1. The highest BCUT2D eigenvalue weighted by atomic mass is 127. The van der Waals surface area contributed by atoms with Crippen molar-refractivity contribution >= 4 is 35.6 Å². The van der Waals surface area contributed by atoms with E-state index < -0.39 is 0 Å². The number of nitrogens with zero attached hydrogens (tertiary/aromatic N) is 4. The molecule has 4 rings (SSSR count). The summed E-state index contributed by atoms with van der Waals surface area (Å²) < 4.78 is 1.80. The molecule has 0 bridgehead atoms. The minimum absolute atomic E-state index is 0. The molecule has 0 amide bonds. The molecule has 0 unspecified atom stereocenters. The first kappa shape index (κ1) is 20.3. The van der Waals surface area contributed by atoms with Crippen LogP contribution in [-0.4, -0.2) is 20.7 Å². The molecule has 146 valence electrons. The van der Waals surface area contributed by atoms with Crippen LogP contribution in [0.25, 0.3) is 0 Å². The molecule has 0 aliphatic heterocycles. The number of aryl methyl sites for hydroxylation is 1. The van der Waals surface area contributed by atoms with Crippen molar-refractivity contribution in [3.8, 4) is 0 Å². The zero-order valence-electron chi connectivity index (χ0n) is 15.7. The lowest BCUT2D eigenvalue weighted by Gasteiger charge is -2.19. The van der Waals surface area contributed by atoms with Gasteiger partial charge in [-0.15, -0.1) is 24.0 Å². The fourth-order valence-corrected chi connectivity index (χ4v) is 3.50. The minimum atomic E-state index is 0. The van der Waals surface area contributed by atoms with E-state index in [1.165, 1.54) is 29.5 Å². The second kappa shape index (κ2) is 9.68. The van der Waals surface area contributed by atoms with Crippen molar-refractivity contribution in [1.82, 2.24) is 14.8 Å². The molecular weight excluding hydrogens is 463 g/mol. The monoisotopic (exact) mass is 488 g/mol.